The predicted octanol–water partition coefficient (Wildman–Crippen LogP) is 3.36. The summed E-state index contributed by atoms with van der Waals surface area (Å²) in [6, 6.07) is 7.88. The Morgan fingerprint density at radius 1 is 1.20 bits per heavy atom. The second kappa shape index (κ2) is 4.56. The molecule has 0 heterocycles. The van der Waals surface area contributed by atoms with Crippen molar-refractivity contribution in [3.63, 3.8) is 0 Å². The highest BCUT2D eigenvalue weighted by atomic mass is 14.9. The van der Waals surface area contributed by atoms with Crippen LogP contribution in [0.25, 0.3) is 0 Å². The van der Waals surface area contributed by atoms with Crippen LogP contribution in [0.1, 0.15) is 27.7 Å². The van der Waals surface area contributed by atoms with E-state index in [2.05, 4.69) is 33.0 Å². The van der Waals surface area contributed by atoms with Crippen LogP contribution in [0.5, 0.6) is 0 Å². The van der Waals surface area contributed by atoms with E-state index < -0.39 is 0 Å². The largest absolute Gasteiger partial charge is 0.399 e. The van der Waals surface area contributed by atoms with Crippen molar-refractivity contribution in [1.82, 2.24) is 0 Å². The van der Waals surface area contributed by atoms with Crippen LogP contribution >= 0.6 is 0 Å². The number of hydrogen-bond donors (Lipinski definition) is 2. The summed E-state index contributed by atoms with van der Waals surface area (Å²) >= 11 is 0. The predicted molar refractivity (Wildman–Crippen MR) is 68.0 cm³/mol. The zero-order valence-electron chi connectivity index (χ0n) is 10.2. The molecule has 2 nitrogen and oxygen atoms in total. The average Bonchev–Trinajstić information content (AvgIpc) is 2.17. The van der Waals surface area contributed by atoms with Crippen molar-refractivity contribution in [2.24, 2.45) is 11.3 Å². The van der Waals surface area contributed by atoms with Crippen LogP contribution in [0.15, 0.2) is 24.3 Å². The molecule has 0 fully saturated rings. The van der Waals surface area contributed by atoms with Crippen molar-refractivity contribution in [3.8, 4) is 0 Å². The number of benzene rings is 1. The lowest BCUT2D eigenvalue weighted by Crippen LogP contribution is -2.28. The number of anilines is 2. The van der Waals surface area contributed by atoms with Crippen LogP contribution in [0, 0.1) is 11.3 Å². The molecule has 3 N–H and O–H groups in total. The first-order valence-corrected chi connectivity index (χ1v) is 5.51. The van der Waals surface area contributed by atoms with E-state index in [0.29, 0.717) is 11.3 Å². The molecule has 0 saturated heterocycles. The summed E-state index contributed by atoms with van der Waals surface area (Å²) in [5.74, 6) is 0.666. The van der Waals surface area contributed by atoms with Gasteiger partial charge in [-0.25, -0.2) is 0 Å². The van der Waals surface area contributed by atoms with Crippen molar-refractivity contribution >= 4 is 11.4 Å². The highest BCUT2D eigenvalue weighted by Crippen LogP contribution is 2.26. The van der Waals surface area contributed by atoms with Crippen molar-refractivity contribution in [3.05, 3.63) is 24.3 Å². The van der Waals surface area contributed by atoms with Gasteiger partial charge in [0.15, 0.2) is 0 Å². The third-order valence-electron chi connectivity index (χ3n) is 3.22. The normalized spacial score (nSPS) is 11.8. The van der Waals surface area contributed by atoms with Gasteiger partial charge in [0, 0.05) is 17.9 Å². The standard InChI is InChI=1S/C13H22N2/c1-10(2)13(3,4)9-15-12-7-5-11(14)6-8-12/h5-8,10,15H,9,14H2,1-4H3. The zero-order chi connectivity index (χ0) is 11.5. The molecule has 0 aliphatic heterocycles. The second-order valence-electron chi connectivity index (χ2n) is 5.12. The van der Waals surface area contributed by atoms with Crippen LogP contribution in [0.3, 0.4) is 0 Å². The summed E-state index contributed by atoms with van der Waals surface area (Å²) in [6.45, 7) is 10.0. The van der Waals surface area contributed by atoms with E-state index in [4.69, 9.17) is 5.73 Å². The van der Waals surface area contributed by atoms with E-state index in [9.17, 15) is 0 Å². The van der Waals surface area contributed by atoms with Gasteiger partial charge in [0.05, 0.1) is 0 Å². The topological polar surface area (TPSA) is 38.0 Å². The third-order valence-corrected chi connectivity index (χ3v) is 3.22. The molecule has 0 aromatic heterocycles. The van der Waals surface area contributed by atoms with Gasteiger partial charge in [-0.1, -0.05) is 27.7 Å². The molecule has 1 rings (SSSR count). The Bertz CT molecular complexity index is 299. The molecular weight excluding hydrogens is 184 g/mol. The quantitative estimate of drug-likeness (QED) is 0.741. The van der Waals surface area contributed by atoms with Gasteiger partial charge in [-0.15, -0.1) is 0 Å². The van der Waals surface area contributed by atoms with Gasteiger partial charge in [-0.2, -0.15) is 0 Å². The zero-order valence-corrected chi connectivity index (χ0v) is 10.2. The Hall–Kier alpha value is -1.18. The maximum absolute atomic E-state index is 5.63. The molecule has 1 aromatic rings. The lowest BCUT2D eigenvalue weighted by atomic mass is 9.81. The minimum absolute atomic E-state index is 0.307. The van der Waals surface area contributed by atoms with E-state index in [1.807, 2.05) is 24.3 Å². The van der Waals surface area contributed by atoms with Gasteiger partial charge >= 0.3 is 0 Å². The summed E-state index contributed by atoms with van der Waals surface area (Å²) in [5, 5.41) is 3.44. The molecular formula is C13H22N2. The number of rotatable bonds is 4. The Kier molecular flexibility index (Phi) is 3.61. The van der Waals surface area contributed by atoms with Gasteiger partial charge in [-0.3, -0.25) is 0 Å². The monoisotopic (exact) mass is 206 g/mol. The fourth-order valence-electron chi connectivity index (χ4n) is 1.13. The number of nitrogens with one attached hydrogen (secondary N) is 1. The summed E-state index contributed by atoms with van der Waals surface area (Å²) in [4.78, 5) is 0. The van der Waals surface area contributed by atoms with E-state index in [-0.39, 0.29) is 0 Å². The van der Waals surface area contributed by atoms with Crippen molar-refractivity contribution in [2.45, 2.75) is 27.7 Å². The molecule has 0 aliphatic carbocycles. The van der Waals surface area contributed by atoms with Gasteiger partial charge < -0.3 is 11.1 Å². The molecule has 0 bridgehead atoms. The summed E-state index contributed by atoms with van der Waals surface area (Å²) in [6.07, 6.45) is 0. The SMILES string of the molecule is CC(C)C(C)(C)CNc1ccc(N)cc1. The van der Waals surface area contributed by atoms with Gasteiger partial charge in [0.1, 0.15) is 0 Å². The molecule has 84 valence electrons. The minimum Gasteiger partial charge on any atom is -0.399 e. The van der Waals surface area contributed by atoms with Crippen LogP contribution in [-0.4, -0.2) is 6.54 Å². The summed E-state index contributed by atoms with van der Waals surface area (Å²) in [7, 11) is 0. The molecule has 0 spiro atoms. The Labute approximate surface area is 92.9 Å². The summed E-state index contributed by atoms with van der Waals surface area (Å²) < 4.78 is 0. The number of hydrogen-bond acceptors (Lipinski definition) is 2. The first-order valence-electron chi connectivity index (χ1n) is 5.51. The fourth-order valence-corrected chi connectivity index (χ4v) is 1.13. The smallest absolute Gasteiger partial charge is 0.0341 e. The third kappa shape index (κ3) is 3.46. The van der Waals surface area contributed by atoms with Gasteiger partial charge in [0.2, 0.25) is 0 Å². The van der Waals surface area contributed by atoms with E-state index in [1.165, 1.54) is 0 Å². The van der Waals surface area contributed by atoms with Crippen molar-refractivity contribution in [1.29, 1.82) is 0 Å². The molecule has 0 amide bonds. The highest BCUT2D eigenvalue weighted by Gasteiger charge is 2.21. The van der Waals surface area contributed by atoms with Crippen molar-refractivity contribution in [2.75, 3.05) is 17.6 Å². The average molecular weight is 206 g/mol. The van der Waals surface area contributed by atoms with E-state index >= 15 is 0 Å². The van der Waals surface area contributed by atoms with E-state index in [1.54, 1.807) is 0 Å². The van der Waals surface area contributed by atoms with Crippen molar-refractivity contribution < 1.29 is 0 Å². The lowest BCUT2D eigenvalue weighted by Gasteiger charge is -2.29. The molecule has 0 saturated carbocycles. The molecule has 1 aromatic carbocycles. The van der Waals surface area contributed by atoms with Crippen LogP contribution < -0.4 is 11.1 Å². The minimum atomic E-state index is 0.307. The van der Waals surface area contributed by atoms with Gasteiger partial charge in [0.25, 0.3) is 0 Å². The molecule has 0 atom stereocenters. The molecule has 0 unspecified atom stereocenters. The molecule has 15 heavy (non-hydrogen) atoms. The fraction of sp³-hybridized carbons (Fsp3) is 0.538. The molecule has 0 radical (unpaired) electrons. The number of nitrogen functional groups attached to an aromatic ring is 1. The first kappa shape index (κ1) is 11.9. The lowest BCUT2D eigenvalue weighted by molar-refractivity contribution is 0.269. The Morgan fingerprint density at radius 2 is 1.73 bits per heavy atom. The van der Waals surface area contributed by atoms with Gasteiger partial charge in [-0.05, 0) is 35.6 Å². The van der Waals surface area contributed by atoms with Crippen LogP contribution in [0.4, 0.5) is 11.4 Å². The van der Waals surface area contributed by atoms with E-state index in [0.717, 1.165) is 17.9 Å². The summed E-state index contributed by atoms with van der Waals surface area (Å²) in [5.41, 5.74) is 7.88. The maximum atomic E-state index is 5.63. The molecule has 2 heteroatoms. The first-order chi connectivity index (χ1) is 6.92. The molecule has 0 aliphatic rings. The highest BCUT2D eigenvalue weighted by molar-refractivity contribution is 5.51. The van der Waals surface area contributed by atoms with Crippen LogP contribution in [-0.2, 0) is 0 Å². The maximum Gasteiger partial charge on any atom is 0.0341 e. The Morgan fingerprint density at radius 3 is 2.20 bits per heavy atom. The Balaban J connectivity index is 2.54. The number of nitrogens with two attached hydrogens (primary N) is 1. The van der Waals surface area contributed by atoms with Crippen LogP contribution in [0.2, 0.25) is 0 Å². The second-order valence-corrected chi connectivity index (χ2v) is 5.12.